The summed E-state index contributed by atoms with van der Waals surface area (Å²) in [4.78, 5) is 34.2. The summed E-state index contributed by atoms with van der Waals surface area (Å²) in [5, 5.41) is 11.9. The number of rotatable bonds is 6. The Bertz CT molecular complexity index is 379. The second-order valence-electron chi connectivity index (χ2n) is 4.09. The quantitative estimate of drug-likeness (QED) is 0.660. The van der Waals surface area contributed by atoms with E-state index < -0.39 is 36.7 Å². The van der Waals surface area contributed by atoms with Gasteiger partial charge in [0.1, 0.15) is 12.6 Å². The molecule has 3 N–H and O–H groups in total. The third kappa shape index (κ3) is 10.9. The van der Waals surface area contributed by atoms with E-state index in [1.165, 1.54) is 24.2 Å². The molecule has 124 valence electrons. The zero-order valence-electron chi connectivity index (χ0n) is 11.4. The Morgan fingerprint density at radius 2 is 1.81 bits per heavy atom. The average molecular weight is 336 g/mol. The smallest absolute Gasteiger partial charge is 0.405 e. The molecule has 3 amide bonds. The fraction of sp³-hybridized carbons (Fsp3) is 0.700. The van der Waals surface area contributed by atoms with Crippen LogP contribution in [0.4, 0.5) is 18.0 Å². The molecule has 0 saturated carbocycles. The molecule has 11 heteroatoms. The molecular formula is C10H17ClF3N3O4. The minimum atomic E-state index is -4.56. The molecule has 0 saturated heterocycles. The minimum absolute atomic E-state index is 0. The Balaban J connectivity index is 0. The lowest BCUT2D eigenvalue weighted by atomic mass is 10.3. The predicted molar refractivity (Wildman–Crippen MR) is 69.2 cm³/mol. The normalized spacial score (nSPS) is 12.3. The van der Waals surface area contributed by atoms with Crippen molar-refractivity contribution in [1.29, 1.82) is 0 Å². The van der Waals surface area contributed by atoms with Gasteiger partial charge in [0, 0.05) is 13.0 Å². The topological polar surface area (TPSA) is 98.7 Å². The first kappa shape index (κ1) is 21.7. The van der Waals surface area contributed by atoms with Gasteiger partial charge in [-0.15, -0.1) is 12.4 Å². The number of hydrogen-bond acceptors (Lipinski definition) is 4. The van der Waals surface area contributed by atoms with Crippen molar-refractivity contribution < 1.29 is 32.7 Å². The van der Waals surface area contributed by atoms with Crippen LogP contribution in [0, 0.1) is 0 Å². The monoisotopic (exact) mass is 335 g/mol. The van der Waals surface area contributed by atoms with Gasteiger partial charge in [-0.2, -0.15) is 13.2 Å². The third-order valence-electron chi connectivity index (χ3n) is 2.41. The van der Waals surface area contributed by atoms with Crippen molar-refractivity contribution in [3.8, 4) is 0 Å². The molecule has 0 spiro atoms. The number of carboxylic acid groups (broad SMARTS) is 1. The summed E-state index contributed by atoms with van der Waals surface area (Å²) < 4.78 is 35.3. The van der Waals surface area contributed by atoms with Crippen LogP contribution >= 0.6 is 12.4 Å². The van der Waals surface area contributed by atoms with Crippen molar-refractivity contribution in [2.75, 3.05) is 20.1 Å². The fourth-order valence-electron chi connectivity index (χ4n) is 1.07. The highest BCUT2D eigenvalue weighted by molar-refractivity contribution is 5.94. The highest BCUT2D eigenvalue weighted by Crippen LogP contribution is 2.11. The number of aliphatic carboxylic acids is 1. The molecular weight excluding hydrogens is 319 g/mol. The van der Waals surface area contributed by atoms with E-state index in [9.17, 15) is 27.6 Å². The van der Waals surface area contributed by atoms with Gasteiger partial charge >= 0.3 is 18.2 Å². The third-order valence-corrected chi connectivity index (χ3v) is 2.41. The molecule has 0 aliphatic carbocycles. The van der Waals surface area contributed by atoms with E-state index in [2.05, 4.69) is 0 Å². The van der Waals surface area contributed by atoms with Gasteiger partial charge in [0.15, 0.2) is 0 Å². The van der Waals surface area contributed by atoms with Crippen LogP contribution in [-0.2, 0) is 9.59 Å². The number of carboxylic acids is 1. The van der Waals surface area contributed by atoms with Gasteiger partial charge in [0.05, 0.1) is 0 Å². The molecule has 0 aromatic rings. The number of urea groups is 1. The molecule has 0 bridgehead atoms. The van der Waals surface area contributed by atoms with Crippen LogP contribution in [0.2, 0.25) is 0 Å². The number of imide groups is 1. The summed E-state index contributed by atoms with van der Waals surface area (Å²) in [6.07, 6.45) is -4.77. The van der Waals surface area contributed by atoms with E-state index in [1.54, 1.807) is 5.32 Å². The number of halogens is 4. The highest BCUT2D eigenvalue weighted by Gasteiger charge is 2.28. The molecule has 0 heterocycles. The van der Waals surface area contributed by atoms with Gasteiger partial charge in [-0.25, -0.2) is 4.79 Å². The van der Waals surface area contributed by atoms with E-state index in [1.807, 2.05) is 0 Å². The standard InChI is InChI=1S/C10H16F3N3O4.ClH/c1-6(8(18)19)16(2)4-3-7(17)15-9(20)14-5-10(11,12)13;/h6H,3-5H2,1-2H3,(H,18,19)(H2,14,15,17,20);1H. The summed E-state index contributed by atoms with van der Waals surface area (Å²) in [6, 6.07) is -2.07. The van der Waals surface area contributed by atoms with Crippen molar-refractivity contribution in [2.45, 2.75) is 25.6 Å². The lowest BCUT2D eigenvalue weighted by Crippen LogP contribution is -2.44. The second-order valence-corrected chi connectivity index (χ2v) is 4.09. The Kier molecular flexibility index (Phi) is 9.73. The number of nitrogens with zero attached hydrogens (tertiary/aromatic N) is 1. The van der Waals surface area contributed by atoms with Crippen molar-refractivity contribution in [3.63, 3.8) is 0 Å². The maximum atomic E-state index is 11.8. The SMILES string of the molecule is CC(C(=O)O)N(C)CCC(=O)NC(=O)NCC(F)(F)F.Cl. The van der Waals surface area contributed by atoms with Crippen LogP contribution < -0.4 is 10.6 Å². The lowest BCUT2D eigenvalue weighted by molar-refractivity contribution is -0.142. The molecule has 1 unspecified atom stereocenters. The Morgan fingerprint density at radius 1 is 1.29 bits per heavy atom. The maximum absolute atomic E-state index is 11.8. The van der Waals surface area contributed by atoms with Gasteiger partial charge in [0.25, 0.3) is 0 Å². The highest BCUT2D eigenvalue weighted by atomic mass is 35.5. The molecule has 7 nitrogen and oxygen atoms in total. The van der Waals surface area contributed by atoms with Gasteiger partial charge in [-0.3, -0.25) is 19.8 Å². The number of hydrogen-bond donors (Lipinski definition) is 3. The second kappa shape index (κ2) is 9.40. The van der Waals surface area contributed by atoms with Crippen LogP contribution in [0.1, 0.15) is 13.3 Å². The number of alkyl halides is 3. The number of carbonyl (C=O) groups excluding carboxylic acids is 2. The van der Waals surface area contributed by atoms with Gasteiger partial charge < -0.3 is 10.4 Å². The van der Waals surface area contributed by atoms with Crippen molar-refractivity contribution in [1.82, 2.24) is 15.5 Å². The molecule has 21 heavy (non-hydrogen) atoms. The van der Waals surface area contributed by atoms with Crippen molar-refractivity contribution in [2.24, 2.45) is 0 Å². The van der Waals surface area contributed by atoms with E-state index in [4.69, 9.17) is 5.11 Å². The number of likely N-dealkylation sites (N-methyl/N-ethyl adjacent to an activating group) is 1. The van der Waals surface area contributed by atoms with Crippen LogP contribution in [-0.4, -0.2) is 60.3 Å². The Hall–Kier alpha value is -1.55. The summed E-state index contributed by atoms with van der Waals surface area (Å²) in [6.45, 7) is -0.0792. The number of carbonyl (C=O) groups is 3. The van der Waals surface area contributed by atoms with Crippen LogP contribution in [0.15, 0.2) is 0 Å². The molecule has 0 aromatic carbocycles. The Morgan fingerprint density at radius 3 is 2.24 bits per heavy atom. The van der Waals surface area contributed by atoms with Crippen LogP contribution in [0.5, 0.6) is 0 Å². The van der Waals surface area contributed by atoms with E-state index in [-0.39, 0.29) is 25.4 Å². The molecule has 0 aliphatic rings. The van der Waals surface area contributed by atoms with E-state index >= 15 is 0 Å². The molecule has 1 atom stereocenters. The maximum Gasteiger partial charge on any atom is 0.405 e. The molecule has 0 radical (unpaired) electrons. The minimum Gasteiger partial charge on any atom is -0.480 e. The first-order valence-electron chi connectivity index (χ1n) is 5.60. The van der Waals surface area contributed by atoms with Crippen molar-refractivity contribution in [3.05, 3.63) is 0 Å². The number of nitrogens with one attached hydrogen (secondary N) is 2. The Labute approximate surface area is 125 Å². The van der Waals surface area contributed by atoms with Crippen LogP contribution in [0.3, 0.4) is 0 Å². The zero-order chi connectivity index (χ0) is 15.9. The molecule has 0 fully saturated rings. The summed E-state index contributed by atoms with van der Waals surface area (Å²) in [5.74, 6) is -1.87. The summed E-state index contributed by atoms with van der Waals surface area (Å²) >= 11 is 0. The average Bonchev–Trinajstić information content (AvgIpc) is 2.31. The van der Waals surface area contributed by atoms with E-state index in [0.29, 0.717) is 0 Å². The van der Waals surface area contributed by atoms with Gasteiger partial charge in [0.2, 0.25) is 5.91 Å². The van der Waals surface area contributed by atoms with Gasteiger partial charge in [-0.05, 0) is 14.0 Å². The number of amides is 3. The molecule has 0 aliphatic heterocycles. The first-order chi connectivity index (χ1) is 9.03. The zero-order valence-corrected chi connectivity index (χ0v) is 12.2. The largest absolute Gasteiger partial charge is 0.480 e. The van der Waals surface area contributed by atoms with Crippen molar-refractivity contribution >= 4 is 30.3 Å². The molecule has 0 aromatic heterocycles. The predicted octanol–water partition coefficient (Wildman–Crippen LogP) is 0.591. The summed E-state index contributed by atoms with van der Waals surface area (Å²) in [7, 11) is 1.47. The fourth-order valence-corrected chi connectivity index (χ4v) is 1.07. The summed E-state index contributed by atoms with van der Waals surface area (Å²) in [5.41, 5.74) is 0. The van der Waals surface area contributed by atoms with Gasteiger partial charge in [-0.1, -0.05) is 0 Å². The first-order valence-corrected chi connectivity index (χ1v) is 5.60. The lowest BCUT2D eigenvalue weighted by Gasteiger charge is -2.20. The molecule has 0 rings (SSSR count). The van der Waals surface area contributed by atoms with E-state index in [0.717, 1.165) is 0 Å². The van der Waals surface area contributed by atoms with Crippen LogP contribution in [0.25, 0.3) is 0 Å².